The van der Waals surface area contributed by atoms with Gasteiger partial charge in [-0.2, -0.15) is 4.98 Å². The average Bonchev–Trinajstić information content (AvgIpc) is 2.75. The molecule has 0 saturated carbocycles. The summed E-state index contributed by atoms with van der Waals surface area (Å²) >= 11 is 5.86. The molecule has 0 radical (unpaired) electrons. The lowest BCUT2D eigenvalue weighted by molar-refractivity contribution is -0.385. The van der Waals surface area contributed by atoms with Gasteiger partial charge >= 0.3 is 5.69 Å². The third-order valence-electron chi connectivity index (χ3n) is 3.54. The largest absolute Gasteiger partial charge is 0.348 e. The fourth-order valence-corrected chi connectivity index (χ4v) is 2.89. The van der Waals surface area contributed by atoms with Crippen LogP contribution in [0, 0.1) is 23.0 Å². The lowest BCUT2D eigenvalue weighted by atomic mass is 10.0. The molecule has 0 bridgehead atoms. The Hall–Kier alpha value is -1.43. The highest BCUT2D eigenvalue weighted by Crippen LogP contribution is 2.36. The monoisotopic (exact) mass is 284 g/mol. The maximum absolute atomic E-state index is 11.2. The van der Waals surface area contributed by atoms with Gasteiger partial charge in [-0.1, -0.05) is 13.8 Å². The first-order valence-corrected chi connectivity index (χ1v) is 6.74. The molecule has 1 atom stereocenters. The third-order valence-corrected chi connectivity index (χ3v) is 3.71. The molecular weight excluding hydrogens is 268 g/mol. The van der Waals surface area contributed by atoms with Gasteiger partial charge in [-0.3, -0.25) is 10.1 Å². The Morgan fingerprint density at radius 2 is 2.16 bits per heavy atom. The zero-order valence-electron chi connectivity index (χ0n) is 11.3. The Balaban J connectivity index is 2.51. The minimum absolute atomic E-state index is 0.0306. The summed E-state index contributed by atoms with van der Waals surface area (Å²) in [5.74, 6) is 0.773. The van der Waals surface area contributed by atoms with Gasteiger partial charge < -0.3 is 4.90 Å². The molecule has 1 unspecified atom stereocenters. The van der Waals surface area contributed by atoms with Crippen molar-refractivity contribution in [2.75, 3.05) is 11.4 Å². The summed E-state index contributed by atoms with van der Waals surface area (Å²) in [7, 11) is 0. The summed E-state index contributed by atoms with van der Waals surface area (Å²) in [6, 6.07) is 0.268. The van der Waals surface area contributed by atoms with Crippen LogP contribution in [0.2, 0.25) is 5.28 Å². The van der Waals surface area contributed by atoms with Crippen LogP contribution in [0.1, 0.15) is 32.4 Å². The van der Waals surface area contributed by atoms with Gasteiger partial charge in [-0.05, 0) is 37.3 Å². The highest BCUT2D eigenvalue weighted by Gasteiger charge is 2.34. The Kier molecular flexibility index (Phi) is 3.89. The predicted octanol–water partition coefficient (Wildman–Crippen LogP) is 2.97. The minimum Gasteiger partial charge on any atom is -0.348 e. The molecule has 1 aromatic heterocycles. The van der Waals surface area contributed by atoms with Gasteiger partial charge in [0.2, 0.25) is 11.1 Å². The molecule has 0 aromatic carbocycles. The number of rotatable bonds is 3. The first-order valence-electron chi connectivity index (χ1n) is 6.37. The summed E-state index contributed by atoms with van der Waals surface area (Å²) < 4.78 is 0. The Labute approximate surface area is 117 Å². The lowest BCUT2D eigenvalue weighted by Crippen LogP contribution is -2.34. The van der Waals surface area contributed by atoms with Crippen molar-refractivity contribution in [3.8, 4) is 0 Å². The van der Waals surface area contributed by atoms with Crippen LogP contribution < -0.4 is 4.90 Å². The van der Waals surface area contributed by atoms with Crippen molar-refractivity contribution in [1.82, 2.24) is 9.97 Å². The molecule has 1 saturated heterocycles. The molecule has 19 heavy (non-hydrogen) atoms. The molecular formula is C12H17ClN4O2. The number of aryl methyl sites for hydroxylation is 1. The van der Waals surface area contributed by atoms with E-state index in [0.717, 1.165) is 19.4 Å². The van der Waals surface area contributed by atoms with Crippen LogP contribution in [-0.4, -0.2) is 27.5 Å². The van der Waals surface area contributed by atoms with E-state index in [0.29, 0.717) is 17.4 Å². The van der Waals surface area contributed by atoms with Crippen LogP contribution in [0.15, 0.2) is 0 Å². The Morgan fingerprint density at radius 1 is 1.47 bits per heavy atom. The zero-order valence-corrected chi connectivity index (χ0v) is 12.0. The lowest BCUT2D eigenvalue weighted by Gasteiger charge is -2.28. The van der Waals surface area contributed by atoms with Crippen molar-refractivity contribution in [2.45, 2.75) is 39.7 Å². The van der Waals surface area contributed by atoms with E-state index < -0.39 is 4.92 Å². The molecule has 2 heterocycles. The van der Waals surface area contributed by atoms with E-state index in [9.17, 15) is 10.1 Å². The average molecular weight is 285 g/mol. The van der Waals surface area contributed by atoms with Gasteiger partial charge in [0.15, 0.2) is 0 Å². The quantitative estimate of drug-likeness (QED) is 0.485. The number of hydrogen-bond acceptors (Lipinski definition) is 5. The van der Waals surface area contributed by atoms with Gasteiger partial charge in [0.25, 0.3) is 0 Å². The van der Waals surface area contributed by atoms with Crippen molar-refractivity contribution in [1.29, 1.82) is 0 Å². The highest BCUT2D eigenvalue weighted by atomic mass is 35.5. The second kappa shape index (κ2) is 5.28. The van der Waals surface area contributed by atoms with Crippen LogP contribution in [0.25, 0.3) is 0 Å². The van der Waals surface area contributed by atoms with Gasteiger partial charge in [0, 0.05) is 12.6 Å². The van der Waals surface area contributed by atoms with Crippen LogP contribution in [0.5, 0.6) is 0 Å². The summed E-state index contributed by atoms with van der Waals surface area (Å²) in [5, 5.41) is 11.3. The summed E-state index contributed by atoms with van der Waals surface area (Å²) in [5.41, 5.74) is 0.284. The fraction of sp³-hybridized carbons (Fsp3) is 0.667. The molecule has 0 N–H and O–H groups in total. The molecule has 1 fully saturated rings. The topological polar surface area (TPSA) is 72.2 Å². The normalized spacial score (nSPS) is 19.2. The maximum atomic E-state index is 11.2. The summed E-state index contributed by atoms with van der Waals surface area (Å²) in [4.78, 5) is 20.8. The van der Waals surface area contributed by atoms with Gasteiger partial charge in [0.05, 0.1) is 4.92 Å². The fourth-order valence-electron chi connectivity index (χ4n) is 2.68. The molecule has 6 nitrogen and oxygen atoms in total. The maximum Gasteiger partial charge on any atom is 0.332 e. The SMILES string of the molecule is Cc1nc(Cl)nc(N2CCCC2C(C)C)c1[N+](=O)[O-]. The zero-order chi connectivity index (χ0) is 14.2. The Bertz CT molecular complexity index is 507. The van der Waals surface area contributed by atoms with E-state index in [1.165, 1.54) is 0 Å². The van der Waals surface area contributed by atoms with E-state index in [2.05, 4.69) is 23.8 Å². The smallest absolute Gasteiger partial charge is 0.332 e. The molecule has 0 aliphatic carbocycles. The van der Waals surface area contributed by atoms with Crippen LogP contribution in [-0.2, 0) is 0 Å². The molecule has 1 aliphatic heterocycles. The summed E-state index contributed by atoms with van der Waals surface area (Å²) in [6.45, 7) is 6.60. The van der Waals surface area contributed by atoms with Gasteiger partial charge in [0.1, 0.15) is 5.69 Å². The van der Waals surface area contributed by atoms with Crippen molar-refractivity contribution in [2.24, 2.45) is 5.92 Å². The highest BCUT2D eigenvalue weighted by molar-refractivity contribution is 6.28. The van der Waals surface area contributed by atoms with Crippen LogP contribution in [0.3, 0.4) is 0 Å². The van der Waals surface area contributed by atoms with Crippen LogP contribution >= 0.6 is 11.6 Å². The predicted molar refractivity (Wildman–Crippen MR) is 73.6 cm³/mol. The van der Waals surface area contributed by atoms with Crippen molar-refractivity contribution in [3.05, 3.63) is 21.1 Å². The van der Waals surface area contributed by atoms with Crippen molar-refractivity contribution < 1.29 is 4.92 Å². The first kappa shape index (κ1) is 14.0. The summed E-state index contributed by atoms with van der Waals surface area (Å²) in [6.07, 6.45) is 2.04. The number of nitrogens with zero attached hydrogens (tertiary/aromatic N) is 4. The number of aromatic nitrogens is 2. The number of nitro groups is 1. The molecule has 0 spiro atoms. The molecule has 0 amide bonds. The van der Waals surface area contributed by atoms with E-state index >= 15 is 0 Å². The van der Waals surface area contributed by atoms with E-state index in [1.807, 2.05) is 4.90 Å². The number of anilines is 1. The number of hydrogen-bond donors (Lipinski definition) is 0. The molecule has 2 rings (SSSR count). The van der Waals surface area contributed by atoms with Crippen LogP contribution in [0.4, 0.5) is 11.5 Å². The molecule has 1 aromatic rings. The molecule has 7 heteroatoms. The second-order valence-corrected chi connectivity index (χ2v) is 5.49. The van der Waals surface area contributed by atoms with Crippen molar-refractivity contribution in [3.63, 3.8) is 0 Å². The van der Waals surface area contributed by atoms with Crippen molar-refractivity contribution >= 4 is 23.1 Å². The third kappa shape index (κ3) is 2.63. The van der Waals surface area contributed by atoms with E-state index in [4.69, 9.17) is 11.6 Å². The Morgan fingerprint density at radius 3 is 2.74 bits per heavy atom. The molecule has 104 valence electrons. The van der Waals surface area contributed by atoms with E-state index in [-0.39, 0.29) is 17.0 Å². The second-order valence-electron chi connectivity index (χ2n) is 5.15. The first-order chi connectivity index (χ1) is 8.91. The minimum atomic E-state index is -0.420. The molecule has 1 aliphatic rings. The van der Waals surface area contributed by atoms with Gasteiger partial charge in [-0.25, -0.2) is 4.98 Å². The van der Waals surface area contributed by atoms with E-state index in [1.54, 1.807) is 6.92 Å². The number of halogens is 1. The standard InChI is InChI=1S/C12H17ClN4O2/c1-7(2)9-5-4-6-16(9)11-10(17(18)19)8(3)14-12(13)15-11/h7,9H,4-6H2,1-3H3. The van der Waals surface area contributed by atoms with Gasteiger partial charge in [-0.15, -0.1) is 0 Å².